The summed E-state index contributed by atoms with van der Waals surface area (Å²) >= 11 is 1.51. The number of furan rings is 1. The van der Waals surface area contributed by atoms with Gasteiger partial charge >= 0.3 is 0 Å². The van der Waals surface area contributed by atoms with Gasteiger partial charge in [0.25, 0.3) is 5.91 Å². The molecule has 0 saturated heterocycles. The predicted octanol–water partition coefficient (Wildman–Crippen LogP) is 1.61. The summed E-state index contributed by atoms with van der Waals surface area (Å²) in [5.41, 5.74) is 0.844. The van der Waals surface area contributed by atoms with E-state index in [1.807, 2.05) is 11.4 Å². The molecular formula is C13H11NO3S. The molecule has 4 nitrogen and oxygen atoms in total. The molecule has 0 atom stereocenters. The molecule has 0 unspecified atom stereocenters. The van der Waals surface area contributed by atoms with E-state index < -0.39 is 0 Å². The number of hydrogen-bond donors (Lipinski definition) is 2. The molecule has 2 rings (SSSR count). The van der Waals surface area contributed by atoms with Crippen LogP contribution in [0.2, 0.25) is 0 Å². The molecule has 0 radical (unpaired) electrons. The van der Waals surface area contributed by atoms with Crippen LogP contribution in [0.1, 0.15) is 21.0 Å². The van der Waals surface area contributed by atoms with Gasteiger partial charge in [-0.1, -0.05) is 11.8 Å². The minimum Gasteiger partial charge on any atom is -0.459 e. The van der Waals surface area contributed by atoms with Crippen LogP contribution in [0.3, 0.4) is 0 Å². The Bertz CT molecular complexity index is 575. The molecule has 2 N–H and O–H groups in total. The van der Waals surface area contributed by atoms with Crippen molar-refractivity contribution >= 4 is 17.2 Å². The molecule has 0 aliphatic carbocycles. The zero-order valence-corrected chi connectivity index (χ0v) is 10.3. The van der Waals surface area contributed by atoms with Crippen LogP contribution in [-0.4, -0.2) is 17.6 Å². The van der Waals surface area contributed by atoms with Gasteiger partial charge in [-0.3, -0.25) is 4.79 Å². The van der Waals surface area contributed by atoms with Gasteiger partial charge in [0.05, 0.1) is 12.8 Å². The highest BCUT2D eigenvalue weighted by Crippen LogP contribution is 2.13. The molecule has 2 aromatic heterocycles. The van der Waals surface area contributed by atoms with E-state index in [4.69, 9.17) is 9.52 Å². The lowest BCUT2D eigenvalue weighted by molar-refractivity contribution is 0.0923. The highest BCUT2D eigenvalue weighted by molar-refractivity contribution is 7.10. The number of aliphatic hydroxyl groups excluding tert-OH is 1. The number of rotatable bonds is 3. The summed E-state index contributed by atoms with van der Waals surface area (Å²) in [5.74, 6) is 5.44. The summed E-state index contributed by atoms with van der Waals surface area (Å²) in [6.07, 6.45) is 1.46. The van der Waals surface area contributed by atoms with Crippen molar-refractivity contribution in [2.75, 3.05) is 6.61 Å². The number of aliphatic hydroxyl groups is 1. The van der Waals surface area contributed by atoms with Gasteiger partial charge in [0, 0.05) is 15.8 Å². The Hall–Kier alpha value is -2.03. The Morgan fingerprint density at radius 1 is 1.56 bits per heavy atom. The maximum Gasteiger partial charge on any atom is 0.287 e. The van der Waals surface area contributed by atoms with Crippen molar-refractivity contribution in [2.24, 2.45) is 0 Å². The zero-order chi connectivity index (χ0) is 12.8. The van der Waals surface area contributed by atoms with Crippen LogP contribution in [0.15, 0.2) is 34.3 Å². The molecule has 0 bridgehead atoms. The van der Waals surface area contributed by atoms with E-state index >= 15 is 0 Å². The van der Waals surface area contributed by atoms with Gasteiger partial charge in [-0.05, 0) is 18.2 Å². The topological polar surface area (TPSA) is 62.5 Å². The summed E-state index contributed by atoms with van der Waals surface area (Å²) in [4.78, 5) is 12.6. The smallest absolute Gasteiger partial charge is 0.287 e. The van der Waals surface area contributed by atoms with Gasteiger partial charge in [0.15, 0.2) is 5.76 Å². The first-order chi connectivity index (χ1) is 8.79. The molecule has 5 heteroatoms. The molecule has 0 aromatic carbocycles. The maximum atomic E-state index is 11.6. The van der Waals surface area contributed by atoms with Crippen LogP contribution in [0.25, 0.3) is 0 Å². The van der Waals surface area contributed by atoms with Crippen LogP contribution in [0, 0.1) is 11.8 Å². The van der Waals surface area contributed by atoms with Crippen molar-refractivity contribution in [1.29, 1.82) is 0 Å². The predicted molar refractivity (Wildman–Crippen MR) is 68.2 cm³/mol. The monoisotopic (exact) mass is 261 g/mol. The second-order valence-electron chi connectivity index (χ2n) is 3.42. The summed E-state index contributed by atoms with van der Waals surface area (Å²) in [6.45, 7) is 0.283. The second kappa shape index (κ2) is 6.05. The number of carbonyl (C=O) groups excluding carboxylic acids is 1. The number of hydrogen-bond acceptors (Lipinski definition) is 4. The van der Waals surface area contributed by atoms with Crippen LogP contribution in [0.4, 0.5) is 0 Å². The first kappa shape index (κ1) is 12.4. The molecule has 0 saturated carbocycles. The Morgan fingerprint density at radius 2 is 2.44 bits per heavy atom. The summed E-state index contributed by atoms with van der Waals surface area (Å²) in [5, 5.41) is 13.2. The van der Waals surface area contributed by atoms with Crippen LogP contribution < -0.4 is 5.32 Å². The van der Waals surface area contributed by atoms with Crippen molar-refractivity contribution < 1.29 is 14.3 Å². The van der Waals surface area contributed by atoms with Gasteiger partial charge in [-0.15, -0.1) is 11.3 Å². The number of nitrogens with one attached hydrogen (secondary N) is 1. The second-order valence-corrected chi connectivity index (χ2v) is 4.42. The molecule has 1 amide bonds. The fourth-order valence-electron chi connectivity index (χ4n) is 1.34. The number of amides is 1. The van der Waals surface area contributed by atoms with Crippen molar-refractivity contribution in [3.05, 3.63) is 46.0 Å². The standard InChI is InChI=1S/C13H11NO3S/c15-5-1-3-10-7-11(18-9-10)8-14-13(16)12-4-2-6-17-12/h2,4,6-7,9,15H,5,8H2,(H,14,16). The lowest BCUT2D eigenvalue weighted by atomic mass is 10.3. The molecule has 2 heterocycles. The molecule has 2 aromatic rings. The lowest BCUT2D eigenvalue weighted by Gasteiger charge is -1.99. The van der Waals surface area contributed by atoms with E-state index in [0.717, 1.165) is 10.4 Å². The van der Waals surface area contributed by atoms with Crippen molar-refractivity contribution in [3.63, 3.8) is 0 Å². The Balaban J connectivity index is 1.90. The van der Waals surface area contributed by atoms with Crippen LogP contribution in [-0.2, 0) is 6.54 Å². The van der Waals surface area contributed by atoms with Crippen LogP contribution >= 0.6 is 11.3 Å². The lowest BCUT2D eigenvalue weighted by Crippen LogP contribution is -2.21. The largest absolute Gasteiger partial charge is 0.459 e. The third kappa shape index (κ3) is 3.23. The van der Waals surface area contributed by atoms with E-state index in [9.17, 15) is 4.79 Å². The van der Waals surface area contributed by atoms with Gasteiger partial charge in [0.2, 0.25) is 0 Å². The third-order valence-corrected chi connectivity index (χ3v) is 3.07. The van der Waals surface area contributed by atoms with E-state index in [1.54, 1.807) is 12.1 Å². The summed E-state index contributed by atoms with van der Waals surface area (Å²) in [7, 11) is 0. The number of carbonyl (C=O) groups is 1. The molecule has 0 aliphatic rings. The van der Waals surface area contributed by atoms with E-state index in [2.05, 4.69) is 17.2 Å². The maximum absolute atomic E-state index is 11.6. The van der Waals surface area contributed by atoms with Gasteiger partial charge in [0.1, 0.15) is 6.61 Å². The van der Waals surface area contributed by atoms with Crippen LogP contribution in [0.5, 0.6) is 0 Å². The highest BCUT2D eigenvalue weighted by atomic mass is 32.1. The average Bonchev–Trinajstić information content (AvgIpc) is 3.04. The minimum atomic E-state index is -0.239. The minimum absolute atomic E-state index is 0.152. The highest BCUT2D eigenvalue weighted by Gasteiger charge is 2.08. The molecule has 0 fully saturated rings. The Kier molecular flexibility index (Phi) is 4.18. The van der Waals surface area contributed by atoms with Crippen molar-refractivity contribution in [1.82, 2.24) is 5.32 Å². The van der Waals surface area contributed by atoms with E-state index in [1.165, 1.54) is 17.6 Å². The quantitative estimate of drug-likeness (QED) is 0.825. The van der Waals surface area contributed by atoms with E-state index in [0.29, 0.717) is 12.3 Å². The molecule has 0 aliphatic heterocycles. The van der Waals surface area contributed by atoms with Gasteiger partial charge in [-0.25, -0.2) is 0 Å². The molecule has 0 spiro atoms. The normalized spacial score (nSPS) is 9.61. The Morgan fingerprint density at radius 3 is 3.17 bits per heavy atom. The fourth-order valence-corrected chi connectivity index (χ4v) is 2.10. The molecular weight excluding hydrogens is 250 g/mol. The van der Waals surface area contributed by atoms with Gasteiger partial charge < -0.3 is 14.8 Å². The van der Waals surface area contributed by atoms with Crippen molar-refractivity contribution in [3.8, 4) is 11.8 Å². The van der Waals surface area contributed by atoms with E-state index in [-0.39, 0.29) is 12.5 Å². The molecule has 18 heavy (non-hydrogen) atoms. The average molecular weight is 261 g/mol. The first-order valence-electron chi connectivity index (χ1n) is 5.28. The third-order valence-electron chi connectivity index (χ3n) is 2.13. The number of thiophene rings is 1. The summed E-state index contributed by atoms with van der Waals surface area (Å²) in [6, 6.07) is 5.17. The Labute approximate surface area is 108 Å². The molecule has 92 valence electrons. The van der Waals surface area contributed by atoms with Crippen molar-refractivity contribution in [2.45, 2.75) is 6.54 Å². The fraction of sp³-hybridized carbons (Fsp3) is 0.154. The zero-order valence-electron chi connectivity index (χ0n) is 9.47. The summed E-state index contributed by atoms with van der Waals surface area (Å²) < 4.78 is 4.98. The SMILES string of the molecule is O=C(NCc1cc(C#CCO)cs1)c1ccco1. The first-order valence-corrected chi connectivity index (χ1v) is 6.16. The van der Waals surface area contributed by atoms with Gasteiger partial charge in [-0.2, -0.15) is 0 Å².